The molecule has 25 heavy (non-hydrogen) atoms. The van der Waals surface area contributed by atoms with Crippen molar-refractivity contribution < 1.29 is 9.53 Å². The average molecular weight is 356 g/mol. The molecular weight excluding hydrogens is 334 g/mol. The molecule has 4 heteroatoms. The normalized spacial score (nSPS) is 25.1. The van der Waals surface area contributed by atoms with Gasteiger partial charge in [-0.3, -0.25) is 4.79 Å². The van der Waals surface area contributed by atoms with Crippen LogP contribution in [-0.4, -0.2) is 36.4 Å². The van der Waals surface area contributed by atoms with E-state index in [0.29, 0.717) is 28.9 Å². The summed E-state index contributed by atoms with van der Waals surface area (Å²) < 4.78 is 6.16. The molecule has 5 rings (SSSR count). The highest BCUT2D eigenvalue weighted by Gasteiger charge is 2.34. The second-order valence-electron chi connectivity index (χ2n) is 7.02. The van der Waals surface area contributed by atoms with E-state index >= 15 is 0 Å². The molecule has 0 aromatic heterocycles. The number of hydrogen-bond donors (Lipinski definition) is 0. The molecule has 3 fully saturated rings. The molecule has 2 bridgehead atoms. The summed E-state index contributed by atoms with van der Waals surface area (Å²) in [6.45, 7) is 4.14. The SMILES string of the molecule is O=C(c1ccc(Cl)cc1)c1ccc(COC2CN3CCC2CC3)cc1. The van der Waals surface area contributed by atoms with Crippen molar-refractivity contribution in [2.75, 3.05) is 19.6 Å². The van der Waals surface area contributed by atoms with Gasteiger partial charge in [-0.2, -0.15) is 0 Å². The van der Waals surface area contributed by atoms with Gasteiger partial charge in [0.25, 0.3) is 0 Å². The molecule has 2 aromatic rings. The summed E-state index contributed by atoms with van der Waals surface area (Å²) in [7, 11) is 0. The standard InChI is InChI=1S/C21H22ClNO2/c22-19-7-5-18(6-8-19)21(24)17-3-1-15(2-4-17)14-25-20-13-23-11-9-16(20)10-12-23/h1-8,16,20H,9-14H2. The lowest BCUT2D eigenvalue weighted by molar-refractivity contribution is -0.0765. The maximum absolute atomic E-state index is 12.5. The Hall–Kier alpha value is -1.68. The fourth-order valence-corrected chi connectivity index (χ4v) is 3.95. The van der Waals surface area contributed by atoms with Crippen molar-refractivity contribution in [3.63, 3.8) is 0 Å². The highest BCUT2D eigenvalue weighted by Crippen LogP contribution is 2.30. The van der Waals surface area contributed by atoms with E-state index in [2.05, 4.69) is 4.90 Å². The quantitative estimate of drug-likeness (QED) is 0.753. The molecule has 3 aliphatic rings. The molecule has 0 radical (unpaired) electrons. The third-order valence-corrected chi connectivity index (χ3v) is 5.63. The number of piperidine rings is 3. The smallest absolute Gasteiger partial charge is 0.193 e. The molecule has 1 unspecified atom stereocenters. The summed E-state index contributed by atoms with van der Waals surface area (Å²) in [6.07, 6.45) is 2.89. The summed E-state index contributed by atoms with van der Waals surface area (Å²) in [5.41, 5.74) is 2.46. The lowest BCUT2D eigenvalue weighted by Crippen LogP contribution is -2.51. The minimum absolute atomic E-state index is 0.0153. The summed E-state index contributed by atoms with van der Waals surface area (Å²) in [5, 5.41) is 0.636. The number of carbonyl (C=O) groups is 1. The zero-order valence-electron chi connectivity index (χ0n) is 14.2. The Labute approximate surface area is 153 Å². The van der Waals surface area contributed by atoms with Gasteiger partial charge in [-0.1, -0.05) is 35.9 Å². The molecule has 0 saturated carbocycles. The minimum Gasteiger partial charge on any atom is -0.372 e. The van der Waals surface area contributed by atoms with E-state index in [0.717, 1.165) is 18.0 Å². The van der Waals surface area contributed by atoms with Crippen molar-refractivity contribution in [1.82, 2.24) is 4.90 Å². The van der Waals surface area contributed by atoms with Crippen molar-refractivity contribution in [1.29, 1.82) is 0 Å². The second kappa shape index (κ2) is 7.28. The molecule has 0 aliphatic carbocycles. The summed E-state index contributed by atoms with van der Waals surface area (Å²) >= 11 is 5.88. The van der Waals surface area contributed by atoms with Crippen molar-refractivity contribution >= 4 is 17.4 Å². The van der Waals surface area contributed by atoms with Gasteiger partial charge in [-0.05, 0) is 61.7 Å². The van der Waals surface area contributed by atoms with Gasteiger partial charge < -0.3 is 9.64 Å². The van der Waals surface area contributed by atoms with E-state index in [9.17, 15) is 4.79 Å². The van der Waals surface area contributed by atoms with Crippen LogP contribution >= 0.6 is 11.6 Å². The number of carbonyl (C=O) groups excluding carboxylic acids is 1. The highest BCUT2D eigenvalue weighted by molar-refractivity contribution is 6.30. The molecular formula is C21H22ClNO2. The first kappa shape index (κ1) is 16.8. The fourth-order valence-electron chi connectivity index (χ4n) is 3.82. The van der Waals surface area contributed by atoms with Gasteiger partial charge in [0.2, 0.25) is 0 Å². The molecule has 3 heterocycles. The van der Waals surface area contributed by atoms with Crippen LogP contribution in [-0.2, 0) is 11.3 Å². The first-order chi connectivity index (χ1) is 12.2. The monoisotopic (exact) mass is 355 g/mol. The Morgan fingerprint density at radius 1 is 1.00 bits per heavy atom. The molecule has 3 aliphatic heterocycles. The number of benzene rings is 2. The van der Waals surface area contributed by atoms with Gasteiger partial charge in [0.1, 0.15) is 0 Å². The fraction of sp³-hybridized carbons (Fsp3) is 0.381. The van der Waals surface area contributed by atoms with Crippen molar-refractivity contribution in [3.05, 3.63) is 70.2 Å². The first-order valence-electron chi connectivity index (χ1n) is 8.92. The van der Waals surface area contributed by atoms with Crippen LogP contribution in [0.25, 0.3) is 0 Å². The number of rotatable bonds is 5. The molecule has 130 valence electrons. The predicted octanol–water partition coefficient (Wildman–Crippen LogP) is 4.18. The zero-order chi connectivity index (χ0) is 17.2. The van der Waals surface area contributed by atoms with Gasteiger partial charge in [0, 0.05) is 22.7 Å². The number of nitrogens with zero attached hydrogens (tertiary/aromatic N) is 1. The second-order valence-corrected chi connectivity index (χ2v) is 7.46. The number of halogens is 1. The third kappa shape index (κ3) is 3.79. The number of fused-ring (bicyclic) bond motifs is 3. The van der Waals surface area contributed by atoms with Crippen LogP contribution in [0.1, 0.15) is 34.3 Å². The Morgan fingerprint density at radius 3 is 2.16 bits per heavy atom. The lowest BCUT2D eigenvalue weighted by atomic mass is 9.86. The van der Waals surface area contributed by atoms with E-state index in [1.807, 2.05) is 24.3 Å². The molecule has 1 atom stereocenters. The molecule has 3 nitrogen and oxygen atoms in total. The van der Waals surface area contributed by atoms with Crippen LogP contribution in [0.3, 0.4) is 0 Å². The number of ether oxygens (including phenoxy) is 1. The van der Waals surface area contributed by atoms with Crippen LogP contribution in [0.2, 0.25) is 5.02 Å². The van der Waals surface area contributed by atoms with Crippen LogP contribution in [0.5, 0.6) is 0 Å². The van der Waals surface area contributed by atoms with Crippen molar-refractivity contribution in [3.8, 4) is 0 Å². The van der Waals surface area contributed by atoms with Crippen LogP contribution in [0, 0.1) is 5.92 Å². The summed E-state index contributed by atoms with van der Waals surface area (Å²) in [4.78, 5) is 15.0. The Bertz CT molecular complexity index is 733. The summed E-state index contributed by atoms with van der Waals surface area (Å²) in [5.74, 6) is 0.734. The maximum atomic E-state index is 12.5. The van der Waals surface area contributed by atoms with Gasteiger partial charge in [0.15, 0.2) is 5.78 Å². The van der Waals surface area contributed by atoms with Crippen LogP contribution in [0.15, 0.2) is 48.5 Å². The first-order valence-corrected chi connectivity index (χ1v) is 9.30. The van der Waals surface area contributed by atoms with Gasteiger partial charge in [-0.25, -0.2) is 0 Å². The van der Waals surface area contributed by atoms with E-state index in [4.69, 9.17) is 16.3 Å². The highest BCUT2D eigenvalue weighted by atomic mass is 35.5. The minimum atomic E-state index is 0.0153. The third-order valence-electron chi connectivity index (χ3n) is 5.38. The van der Waals surface area contributed by atoms with Gasteiger partial charge in [-0.15, -0.1) is 0 Å². The van der Waals surface area contributed by atoms with Crippen LogP contribution < -0.4 is 0 Å². The molecule has 0 amide bonds. The Balaban J connectivity index is 1.37. The van der Waals surface area contributed by atoms with Crippen molar-refractivity contribution in [2.24, 2.45) is 5.92 Å². The Morgan fingerprint density at radius 2 is 1.60 bits per heavy atom. The predicted molar refractivity (Wildman–Crippen MR) is 99.1 cm³/mol. The lowest BCUT2D eigenvalue weighted by Gasteiger charge is -2.44. The number of hydrogen-bond acceptors (Lipinski definition) is 3. The Kier molecular flexibility index (Phi) is 4.89. The van der Waals surface area contributed by atoms with Crippen LogP contribution in [0.4, 0.5) is 0 Å². The van der Waals surface area contributed by atoms with E-state index < -0.39 is 0 Å². The van der Waals surface area contributed by atoms with Crippen molar-refractivity contribution in [2.45, 2.75) is 25.6 Å². The van der Waals surface area contributed by atoms with E-state index in [1.54, 1.807) is 24.3 Å². The topological polar surface area (TPSA) is 29.5 Å². The molecule has 0 spiro atoms. The van der Waals surface area contributed by atoms with E-state index in [-0.39, 0.29) is 5.78 Å². The molecule has 2 aromatic carbocycles. The number of ketones is 1. The maximum Gasteiger partial charge on any atom is 0.193 e. The van der Waals surface area contributed by atoms with E-state index in [1.165, 1.54) is 25.9 Å². The molecule has 0 N–H and O–H groups in total. The molecule has 3 saturated heterocycles. The van der Waals surface area contributed by atoms with Gasteiger partial charge in [0.05, 0.1) is 12.7 Å². The van der Waals surface area contributed by atoms with Gasteiger partial charge >= 0.3 is 0 Å². The average Bonchev–Trinajstić information content (AvgIpc) is 2.68. The zero-order valence-corrected chi connectivity index (χ0v) is 14.9. The largest absolute Gasteiger partial charge is 0.372 e. The summed E-state index contributed by atoms with van der Waals surface area (Å²) in [6, 6.07) is 14.7.